The van der Waals surface area contributed by atoms with Gasteiger partial charge in [-0.05, 0) is 54.4 Å². The first-order valence-corrected chi connectivity index (χ1v) is 13.7. The third-order valence-electron chi connectivity index (χ3n) is 7.09. The molecule has 14 heteroatoms. The van der Waals surface area contributed by atoms with Gasteiger partial charge >= 0.3 is 6.18 Å². The van der Waals surface area contributed by atoms with Gasteiger partial charge in [0.1, 0.15) is 5.82 Å². The zero-order valence-corrected chi connectivity index (χ0v) is 22.3. The predicted octanol–water partition coefficient (Wildman–Crippen LogP) is 3.85. The number of halogens is 4. The maximum atomic E-state index is 13.5. The van der Waals surface area contributed by atoms with Gasteiger partial charge in [0, 0.05) is 44.7 Å². The second-order valence-corrected chi connectivity index (χ2v) is 11.7. The summed E-state index contributed by atoms with van der Waals surface area (Å²) in [5.41, 5.74) is 2.85. The molecule has 39 heavy (non-hydrogen) atoms. The Hall–Kier alpha value is -3.36. The SMILES string of the molecule is Cc1cc2c(cnn2-c2ccc(F)cc2)cc1[C@@H]1CN(S(=O)(=O)c2cnn(C)n2)CCN1CC(C)C(F)(F)F. The Balaban J connectivity index is 1.54. The normalized spacial score (nSPS) is 18.6. The molecule has 1 aliphatic heterocycles. The molecule has 1 aliphatic rings. The molecule has 3 heterocycles. The van der Waals surface area contributed by atoms with Gasteiger partial charge in [-0.3, -0.25) is 4.90 Å². The molecule has 2 aromatic carbocycles. The molecule has 0 spiro atoms. The Morgan fingerprint density at radius 3 is 2.44 bits per heavy atom. The highest BCUT2D eigenvalue weighted by molar-refractivity contribution is 7.89. The number of rotatable bonds is 6. The molecule has 2 aromatic heterocycles. The zero-order valence-electron chi connectivity index (χ0n) is 21.5. The number of hydrogen-bond acceptors (Lipinski definition) is 6. The van der Waals surface area contributed by atoms with Crippen molar-refractivity contribution in [1.82, 2.24) is 34.0 Å². The van der Waals surface area contributed by atoms with Crippen molar-refractivity contribution in [3.05, 3.63) is 65.7 Å². The maximum Gasteiger partial charge on any atom is 0.392 e. The Morgan fingerprint density at radius 2 is 1.79 bits per heavy atom. The molecule has 5 rings (SSSR count). The number of aromatic nitrogens is 5. The highest BCUT2D eigenvalue weighted by Gasteiger charge is 2.42. The van der Waals surface area contributed by atoms with Gasteiger partial charge in [0.25, 0.3) is 10.0 Å². The van der Waals surface area contributed by atoms with E-state index in [0.717, 1.165) is 34.4 Å². The van der Waals surface area contributed by atoms with Crippen molar-refractivity contribution in [1.29, 1.82) is 0 Å². The monoisotopic (exact) mass is 565 g/mol. The van der Waals surface area contributed by atoms with Gasteiger partial charge in [-0.25, -0.2) is 17.5 Å². The lowest BCUT2D eigenvalue weighted by molar-refractivity contribution is -0.176. The molecular formula is C25H27F4N7O2S. The van der Waals surface area contributed by atoms with Crippen LogP contribution >= 0.6 is 0 Å². The summed E-state index contributed by atoms with van der Waals surface area (Å²) >= 11 is 0. The first kappa shape index (κ1) is 27.2. The largest absolute Gasteiger partial charge is 0.392 e. The maximum absolute atomic E-state index is 13.5. The van der Waals surface area contributed by atoms with E-state index in [0.29, 0.717) is 11.3 Å². The zero-order chi connectivity index (χ0) is 28.1. The van der Waals surface area contributed by atoms with Gasteiger partial charge in [-0.15, -0.1) is 5.10 Å². The number of nitrogens with zero attached hydrogens (tertiary/aromatic N) is 7. The summed E-state index contributed by atoms with van der Waals surface area (Å²) in [6.45, 7) is 2.75. The number of benzene rings is 2. The van der Waals surface area contributed by atoms with E-state index in [1.165, 1.54) is 23.5 Å². The van der Waals surface area contributed by atoms with Crippen LogP contribution < -0.4 is 0 Å². The van der Waals surface area contributed by atoms with Crippen molar-refractivity contribution in [2.24, 2.45) is 13.0 Å². The van der Waals surface area contributed by atoms with Crippen LogP contribution in [0.4, 0.5) is 17.6 Å². The number of piperazine rings is 1. The van der Waals surface area contributed by atoms with Crippen LogP contribution in [0.5, 0.6) is 0 Å². The minimum atomic E-state index is -4.39. The van der Waals surface area contributed by atoms with E-state index in [-0.39, 0.29) is 37.0 Å². The van der Waals surface area contributed by atoms with E-state index in [9.17, 15) is 26.0 Å². The molecule has 0 radical (unpaired) electrons. The van der Waals surface area contributed by atoms with E-state index in [4.69, 9.17) is 0 Å². The summed E-state index contributed by atoms with van der Waals surface area (Å²) in [6.07, 6.45) is -1.60. The van der Waals surface area contributed by atoms with Gasteiger partial charge in [-0.2, -0.15) is 32.5 Å². The molecule has 1 fully saturated rings. The van der Waals surface area contributed by atoms with Crippen molar-refractivity contribution in [2.75, 3.05) is 26.2 Å². The highest BCUT2D eigenvalue weighted by Crippen LogP contribution is 2.36. The molecule has 0 N–H and O–H groups in total. The summed E-state index contributed by atoms with van der Waals surface area (Å²) in [6, 6.07) is 8.92. The van der Waals surface area contributed by atoms with Gasteiger partial charge in [0.15, 0.2) is 0 Å². The predicted molar refractivity (Wildman–Crippen MR) is 135 cm³/mol. The Bertz CT molecular complexity index is 1600. The van der Waals surface area contributed by atoms with Gasteiger partial charge in [-0.1, -0.05) is 6.92 Å². The highest BCUT2D eigenvalue weighted by atomic mass is 32.2. The van der Waals surface area contributed by atoms with Gasteiger partial charge < -0.3 is 0 Å². The van der Waals surface area contributed by atoms with Crippen LogP contribution in [0.3, 0.4) is 0 Å². The van der Waals surface area contributed by atoms with Gasteiger partial charge in [0.2, 0.25) is 5.03 Å². The molecule has 0 aliphatic carbocycles. The van der Waals surface area contributed by atoms with Crippen LogP contribution in [0.15, 0.2) is 53.8 Å². The lowest BCUT2D eigenvalue weighted by Gasteiger charge is -2.42. The van der Waals surface area contributed by atoms with Crippen LogP contribution in [0.1, 0.15) is 24.1 Å². The fourth-order valence-corrected chi connectivity index (χ4v) is 6.23. The molecular weight excluding hydrogens is 538 g/mol. The Kier molecular flexibility index (Phi) is 6.97. The molecule has 0 bridgehead atoms. The number of alkyl halides is 3. The second-order valence-electron chi connectivity index (χ2n) is 9.79. The van der Waals surface area contributed by atoms with Crippen molar-refractivity contribution in [3.63, 3.8) is 0 Å². The van der Waals surface area contributed by atoms with Crippen LogP contribution in [0, 0.1) is 18.7 Å². The van der Waals surface area contributed by atoms with Crippen LogP contribution in [-0.4, -0.2) is 74.8 Å². The molecule has 2 atom stereocenters. The lowest BCUT2D eigenvalue weighted by Crippen LogP contribution is -2.52. The van der Waals surface area contributed by atoms with E-state index < -0.39 is 28.2 Å². The van der Waals surface area contributed by atoms with E-state index >= 15 is 0 Å². The van der Waals surface area contributed by atoms with Crippen LogP contribution in [-0.2, 0) is 17.1 Å². The summed E-state index contributed by atoms with van der Waals surface area (Å²) in [5.74, 6) is -1.98. The average Bonchev–Trinajstić information content (AvgIpc) is 3.50. The third-order valence-corrected chi connectivity index (χ3v) is 8.82. The molecule has 9 nitrogen and oxygen atoms in total. The van der Waals surface area contributed by atoms with Crippen molar-refractivity contribution in [2.45, 2.75) is 31.1 Å². The Morgan fingerprint density at radius 1 is 1.08 bits per heavy atom. The van der Waals surface area contributed by atoms with Crippen LogP contribution in [0.2, 0.25) is 0 Å². The first-order chi connectivity index (χ1) is 18.3. The van der Waals surface area contributed by atoms with Crippen molar-refractivity contribution in [3.8, 4) is 5.69 Å². The number of hydrogen-bond donors (Lipinski definition) is 0. The van der Waals surface area contributed by atoms with E-state index in [1.54, 1.807) is 27.9 Å². The molecule has 0 amide bonds. The third kappa shape index (κ3) is 5.28. The molecule has 4 aromatic rings. The number of aryl methyl sites for hydroxylation is 2. The number of fused-ring (bicyclic) bond motifs is 1. The molecule has 1 saturated heterocycles. The average molecular weight is 566 g/mol. The van der Waals surface area contributed by atoms with Crippen LogP contribution in [0.25, 0.3) is 16.6 Å². The first-order valence-electron chi connectivity index (χ1n) is 12.3. The smallest absolute Gasteiger partial charge is 0.293 e. The summed E-state index contributed by atoms with van der Waals surface area (Å²) in [5, 5.41) is 12.7. The topological polar surface area (TPSA) is 89.2 Å². The molecule has 1 unspecified atom stereocenters. The Labute approximate surface area is 222 Å². The quantitative estimate of drug-likeness (QED) is 0.330. The van der Waals surface area contributed by atoms with E-state index in [2.05, 4.69) is 15.3 Å². The van der Waals surface area contributed by atoms with Crippen molar-refractivity contribution >= 4 is 20.9 Å². The fourth-order valence-electron chi connectivity index (χ4n) is 4.90. The van der Waals surface area contributed by atoms with E-state index in [1.807, 2.05) is 19.1 Å². The van der Waals surface area contributed by atoms with Crippen molar-refractivity contribution < 1.29 is 26.0 Å². The fraction of sp³-hybridized carbons (Fsp3) is 0.400. The number of sulfonamides is 1. The summed E-state index contributed by atoms with van der Waals surface area (Å²) in [4.78, 5) is 2.84. The minimum absolute atomic E-state index is 0.0176. The molecule has 208 valence electrons. The summed E-state index contributed by atoms with van der Waals surface area (Å²) in [7, 11) is -2.51. The second kappa shape index (κ2) is 9.99. The lowest BCUT2D eigenvalue weighted by atomic mass is 9.95. The summed E-state index contributed by atoms with van der Waals surface area (Å²) < 4.78 is 83.5. The standard InChI is InChI=1S/C25H27F4N7O2S/c1-16-10-22-18(12-31-36(22)20-6-4-19(26)5-7-20)11-21(16)23-15-35(39(37,38)24-13-30-33(3)32-24)9-8-34(23)14-17(2)25(27,28)29/h4-7,10-13,17,23H,8-9,14-15H2,1-3H3/t17?,23-/m0/s1. The minimum Gasteiger partial charge on any atom is -0.293 e. The molecule has 0 saturated carbocycles. The van der Waals surface area contributed by atoms with Gasteiger partial charge in [0.05, 0.1) is 29.5 Å².